The van der Waals surface area contributed by atoms with Crippen LogP contribution in [0.3, 0.4) is 0 Å². The average Bonchev–Trinajstić information content (AvgIpc) is 2.71. The first kappa shape index (κ1) is 11.6. The summed E-state index contributed by atoms with van der Waals surface area (Å²) in [4.78, 5) is 4.58. The molecule has 3 heteroatoms. The Labute approximate surface area is 105 Å². The van der Waals surface area contributed by atoms with Crippen LogP contribution in [0.2, 0.25) is 0 Å². The van der Waals surface area contributed by atoms with Gasteiger partial charge in [-0.05, 0) is 31.0 Å². The first-order chi connectivity index (χ1) is 7.70. The predicted molar refractivity (Wildman–Crippen MR) is 71.4 cm³/mol. The minimum atomic E-state index is 0.635. The van der Waals surface area contributed by atoms with Gasteiger partial charge in [-0.1, -0.05) is 12.1 Å². The lowest BCUT2D eigenvalue weighted by atomic mass is 10.1. The summed E-state index contributed by atoms with van der Waals surface area (Å²) in [6.45, 7) is 4.26. The highest BCUT2D eigenvalue weighted by Gasteiger charge is 2.05. The molecule has 1 nitrogen and oxygen atoms in total. The van der Waals surface area contributed by atoms with E-state index in [4.69, 9.17) is 11.6 Å². The Kier molecular flexibility index (Phi) is 3.62. The van der Waals surface area contributed by atoms with Crippen molar-refractivity contribution in [1.29, 1.82) is 0 Å². The molecule has 0 aliphatic rings. The van der Waals surface area contributed by atoms with E-state index in [-0.39, 0.29) is 0 Å². The second-order valence-electron chi connectivity index (χ2n) is 3.88. The van der Waals surface area contributed by atoms with E-state index in [2.05, 4.69) is 42.4 Å². The van der Waals surface area contributed by atoms with E-state index in [1.807, 2.05) is 0 Å². The average molecular weight is 252 g/mol. The van der Waals surface area contributed by atoms with Crippen LogP contribution in [0, 0.1) is 13.8 Å². The number of benzene rings is 1. The standard InChI is InChI=1S/C13H14ClNS/c1-9-3-4-11(7-10(9)2)13-15-12(5-6-14)8-16-13/h3-4,7-8H,5-6H2,1-2H3. The zero-order valence-corrected chi connectivity index (χ0v) is 11.0. The molecule has 16 heavy (non-hydrogen) atoms. The van der Waals surface area contributed by atoms with Gasteiger partial charge in [0.25, 0.3) is 0 Å². The molecule has 0 atom stereocenters. The molecular weight excluding hydrogens is 238 g/mol. The zero-order valence-electron chi connectivity index (χ0n) is 9.46. The summed E-state index contributed by atoms with van der Waals surface area (Å²) in [5, 5.41) is 3.18. The minimum absolute atomic E-state index is 0.635. The van der Waals surface area contributed by atoms with E-state index >= 15 is 0 Å². The van der Waals surface area contributed by atoms with Gasteiger partial charge in [0.2, 0.25) is 0 Å². The lowest BCUT2D eigenvalue weighted by molar-refractivity contribution is 1.07. The number of alkyl halides is 1. The quantitative estimate of drug-likeness (QED) is 0.745. The van der Waals surface area contributed by atoms with Crippen molar-refractivity contribution in [2.24, 2.45) is 0 Å². The van der Waals surface area contributed by atoms with E-state index in [1.54, 1.807) is 11.3 Å². The summed E-state index contributed by atoms with van der Waals surface area (Å²) in [7, 11) is 0. The number of thiazole rings is 1. The third-order valence-corrected chi connectivity index (χ3v) is 3.79. The summed E-state index contributed by atoms with van der Waals surface area (Å²) in [6.07, 6.45) is 0.850. The van der Waals surface area contributed by atoms with Gasteiger partial charge >= 0.3 is 0 Å². The van der Waals surface area contributed by atoms with Gasteiger partial charge in [-0.25, -0.2) is 4.98 Å². The summed E-state index contributed by atoms with van der Waals surface area (Å²) in [5.41, 5.74) is 4.93. The van der Waals surface area contributed by atoms with Crippen LogP contribution in [-0.4, -0.2) is 10.9 Å². The second kappa shape index (κ2) is 4.98. The van der Waals surface area contributed by atoms with Crippen LogP contribution < -0.4 is 0 Å². The van der Waals surface area contributed by atoms with Crippen molar-refractivity contribution in [3.05, 3.63) is 40.4 Å². The highest BCUT2D eigenvalue weighted by molar-refractivity contribution is 7.13. The monoisotopic (exact) mass is 251 g/mol. The van der Waals surface area contributed by atoms with Gasteiger partial charge in [-0.15, -0.1) is 22.9 Å². The van der Waals surface area contributed by atoms with Crippen molar-refractivity contribution in [1.82, 2.24) is 4.98 Å². The van der Waals surface area contributed by atoms with Crippen molar-refractivity contribution < 1.29 is 0 Å². The number of aryl methyl sites for hydroxylation is 3. The molecule has 2 aromatic rings. The molecule has 0 bridgehead atoms. The van der Waals surface area contributed by atoms with Crippen LogP contribution in [0.15, 0.2) is 23.6 Å². The Morgan fingerprint density at radius 3 is 2.75 bits per heavy atom. The van der Waals surface area contributed by atoms with Crippen LogP contribution >= 0.6 is 22.9 Å². The minimum Gasteiger partial charge on any atom is -0.241 e. The number of aromatic nitrogens is 1. The van der Waals surface area contributed by atoms with Gasteiger partial charge in [-0.2, -0.15) is 0 Å². The molecule has 0 aliphatic carbocycles. The first-order valence-electron chi connectivity index (χ1n) is 5.28. The van der Waals surface area contributed by atoms with Gasteiger partial charge in [-0.3, -0.25) is 0 Å². The van der Waals surface area contributed by atoms with E-state index in [0.717, 1.165) is 17.1 Å². The van der Waals surface area contributed by atoms with Gasteiger partial charge in [0.1, 0.15) is 5.01 Å². The van der Waals surface area contributed by atoms with Gasteiger partial charge in [0.15, 0.2) is 0 Å². The molecule has 0 spiro atoms. The topological polar surface area (TPSA) is 12.9 Å². The Balaban J connectivity index is 2.31. The highest BCUT2D eigenvalue weighted by Crippen LogP contribution is 2.25. The highest BCUT2D eigenvalue weighted by atomic mass is 35.5. The molecule has 1 aromatic heterocycles. The molecular formula is C13H14ClNS. The number of nitrogens with zero attached hydrogens (tertiary/aromatic N) is 1. The van der Waals surface area contributed by atoms with Crippen molar-refractivity contribution in [3.63, 3.8) is 0 Å². The van der Waals surface area contributed by atoms with E-state index in [0.29, 0.717) is 5.88 Å². The molecule has 1 aromatic carbocycles. The zero-order chi connectivity index (χ0) is 11.5. The molecule has 0 saturated heterocycles. The second-order valence-corrected chi connectivity index (χ2v) is 5.12. The lowest BCUT2D eigenvalue weighted by Gasteiger charge is -2.01. The molecule has 0 aliphatic heterocycles. The van der Waals surface area contributed by atoms with Crippen LogP contribution in [-0.2, 0) is 6.42 Å². The Hall–Kier alpha value is -0.860. The third-order valence-electron chi connectivity index (χ3n) is 2.66. The Bertz CT molecular complexity index is 490. The van der Waals surface area contributed by atoms with Crippen molar-refractivity contribution >= 4 is 22.9 Å². The maximum atomic E-state index is 5.70. The molecule has 0 amide bonds. The maximum absolute atomic E-state index is 5.70. The summed E-state index contributed by atoms with van der Waals surface area (Å²) in [5.74, 6) is 0.635. The van der Waals surface area contributed by atoms with E-state index < -0.39 is 0 Å². The normalized spacial score (nSPS) is 10.7. The largest absolute Gasteiger partial charge is 0.241 e. The number of hydrogen-bond donors (Lipinski definition) is 0. The molecule has 0 saturated carbocycles. The van der Waals surface area contributed by atoms with Gasteiger partial charge < -0.3 is 0 Å². The van der Waals surface area contributed by atoms with E-state index in [9.17, 15) is 0 Å². The van der Waals surface area contributed by atoms with Crippen LogP contribution in [0.4, 0.5) is 0 Å². The molecule has 0 unspecified atom stereocenters. The Morgan fingerprint density at radius 2 is 2.06 bits per heavy atom. The predicted octanol–water partition coefficient (Wildman–Crippen LogP) is 4.21. The number of hydrogen-bond acceptors (Lipinski definition) is 2. The molecule has 0 N–H and O–H groups in total. The molecule has 2 rings (SSSR count). The van der Waals surface area contributed by atoms with E-state index in [1.165, 1.54) is 16.7 Å². The molecule has 84 valence electrons. The fourth-order valence-electron chi connectivity index (χ4n) is 1.53. The Morgan fingerprint density at radius 1 is 1.25 bits per heavy atom. The summed E-state index contributed by atoms with van der Waals surface area (Å²) in [6, 6.07) is 6.47. The van der Waals surface area contributed by atoms with Crippen LogP contribution in [0.1, 0.15) is 16.8 Å². The smallest absolute Gasteiger partial charge is 0.123 e. The number of rotatable bonds is 3. The van der Waals surface area contributed by atoms with Crippen LogP contribution in [0.5, 0.6) is 0 Å². The SMILES string of the molecule is Cc1ccc(-c2nc(CCCl)cs2)cc1C. The fourth-order valence-corrected chi connectivity index (χ4v) is 2.57. The van der Waals surface area contributed by atoms with Crippen molar-refractivity contribution in [2.75, 3.05) is 5.88 Å². The number of halogens is 1. The maximum Gasteiger partial charge on any atom is 0.123 e. The first-order valence-corrected chi connectivity index (χ1v) is 6.70. The van der Waals surface area contributed by atoms with Gasteiger partial charge in [0.05, 0.1) is 5.69 Å². The van der Waals surface area contributed by atoms with Gasteiger partial charge in [0, 0.05) is 23.2 Å². The summed E-state index contributed by atoms with van der Waals surface area (Å²) < 4.78 is 0. The van der Waals surface area contributed by atoms with Crippen molar-refractivity contribution in [3.8, 4) is 10.6 Å². The van der Waals surface area contributed by atoms with Crippen molar-refractivity contribution in [2.45, 2.75) is 20.3 Å². The third kappa shape index (κ3) is 2.45. The molecule has 0 radical (unpaired) electrons. The molecule has 1 heterocycles. The fraction of sp³-hybridized carbons (Fsp3) is 0.308. The summed E-state index contributed by atoms with van der Waals surface area (Å²) >= 11 is 7.39. The molecule has 0 fully saturated rings. The van der Waals surface area contributed by atoms with Crippen LogP contribution in [0.25, 0.3) is 10.6 Å². The lowest BCUT2D eigenvalue weighted by Crippen LogP contribution is -1.87.